The average Bonchev–Trinajstić information content (AvgIpc) is 3.11. The number of oxazole rings is 1. The van der Waals surface area contributed by atoms with Gasteiger partial charge in [0.2, 0.25) is 5.79 Å². The van der Waals surface area contributed by atoms with E-state index in [4.69, 9.17) is 13.9 Å². The molecule has 1 N–H and O–H groups in total. The molecule has 0 bridgehead atoms. The van der Waals surface area contributed by atoms with E-state index in [1.807, 2.05) is 13.8 Å². The standard InChI is InChI=1S/C18H18N2O6S/c1-4-18(2)25-15-7-5-11(9-16(15)26-18)19-27(22,23)12-6-8-14-13(10-12)20(3)17(21)24-14/h5-10,19H,4H2,1-3H3/t18-/m0/s1. The Morgan fingerprint density at radius 1 is 1.11 bits per heavy atom. The quantitative estimate of drug-likeness (QED) is 0.735. The predicted octanol–water partition coefficient (Wildman–Crippen LogP) is 2.83. The van der Waals surface area contributed by atoms with E-state index in [1.54, 1.807) is 18.2 Å². The number of nitrogens with one attached hydrogen (secondary N) is 1. The summed E-state index contributed by atoms with van der Waals surface area (Å²) in [5.41, 5.74) is 1.06. The monoisotopic (exact) mass is 390 g/mol. The Labute approximate surface area is 155 Å². The van der Waals surface area contributed by atoms with Gasteiger partial charge in [0.05, 0.1) is 16.1 Å². The predicted molar refractivity (Wildman–Crippen MR) is 98.7 cm³/mol. The Morgan fingerprint density at radius 2 is 1.85 bits per heavy atom. The Balaban J connectivity index is 1.66. The number of ether oxygens (including phenoxy) is 2. The van der Waals surface area contributed by atoms with E-state index in [2.05, 4.69) is 4.72 Å². The van der Waals surface area contributed by atoms with E-state index < -0.39 is 21.6 Å². The summed E-state index contributed by atoms with van der Waals surface area (Å²) in [6.45, 7) is 3.76. The molecule has 0 fully saturated rings. The van der Waals surface area contributed by atoms with Crippen LogP contribution in [0, 0.1) is 0 Å². The van der Waals surface area contributed by atoms with Crippen molar-refractivity contribution in [3.8, 4) is 11.5 Å². The third-order valence-electron chi connectivity index (χ3n) is 4.56. The molecule has 142 valence electrons. The van der Waals surface area contributed by atoms with E-state index in [1.165, 1.54) is 29.8 Å². The molecule has 1 atom stereocenters. The van der Waals surface area contributed by atoms with Crippen LogP contribution in [0.25, 0.3) is 11.1 Å². The van der Waals surface area contributed by atoms with E-state index in [-0.39, 0.29) is 4.90 Å². The van der Waals surface area contributed by atoms with Gasteiger partial charge in [0, 0.05) is 26.5 Å². The molecule has 0 saturated carbocycles. The van der Waals surface area contributed by atoms with Gasteiger partial charge in [-0.1, -0.05) is 6.92 Å². The van der Waals surface area contributed by atoms with Crippen LogP contribution in [0.2, 0.25) is 0 Å². The van der Waals surface area contributed by atoms with Crippen LogP contribution in [0.4, 0.5) is 5.69 Å². The molecule has 27 heavy (non-hydrogen) atoms. The van der Waals surface area contributed by atoms with Crippen LogP contribution in [0.5, 0.6) is 11.5 Å². The highest BCUT2D eigenvalue weighted by atomic mass is 32.2. The normalized spacial score (nSPS) is 18.8. The largest absolute Gasteiger partial charge is 0.449 e. The fourth-order valence-corrected chi connectivity index (χ4v) is 3.92. The number of anilines is 1. The van der Waals surface area contributed by atoms with Crippen LogP contribution < -0.4 is 20.0 Å². The van der Waals surface area contributed by atoms with Gasteiger partial charge in [-0.25, -0.2) is 13.2 Å². The van der Waals surface area contributed by atoms with Crippen molar-refractivity contribution < 1.29 is 22.3 Å². The smallest absolute Gasteiger partial charge is 0.419 e. The summed E-state index contributed by atoms with van der Waals surface area (Å²) in [4.78, 5) is 11.6. The molecule has 4 rings (SSSR count). The molecule has 1 aliphatic heterocycles. The molecule has 0 amide bonds. The summed E-state index contributed by atoms with van der Waals surface area (Å²) in [7, 11) is -2.35. The Morgan fingerprint density at radius 3 is 2.59 bits per heavy atom. The molecule has 0 saturated heterocycles. The molecule has 3 aromatic rings. The Bertz CT molecular complexity index is 1210. The lowest BCUT2D eigenvalue weighted by Crippen LogP contribution is -2.33. The highest BCUT2D eigenvalue weighted by Gasteiger charge is 2.35. The minimum absolute atomic E-state index is 0.0162. The summed E-state index contributed by atoms with van der Waals surface area (Å²) in [6.07, 6.45) is 0.645. The van der Waals surface area contributed by atoms with Crippen molar-refractivity contribution in [2.75, 3.05) is 4.72 Å². The number of nitrogens with zero attached hydrogens (tertiary/aromatic N) is 1. The first-order valence-electron chi connectivity index (χ1n) is 8.35. The second-order valence-corrected chi connectivity index (χ2v) is 8.20. The molecule has 0 aliphatic carbocycles. The van der Waals surface area contributed by atoms with Gasteiger partial charge in [0.15, 0.2) is 17.1 Å². The van der Waals surface area contributed by atoms with Gasteiger partial charge in [-0.3, -0.25) is 9.29 Å². The molecule has 8 nitrogen and oxygen atoms in total. The molecule has 2 heterocycles. The first-order chi connectivity index (χ1) is 12.7. The molecular weight excluding hydrogens is 372 g/mol. The summed E-state index contributed by atoms with van der Waals surface area (Å²) in [5.74, 6) is -0.261. The van der Waals surface area contributed by atoms with E-state index >= 15 is 0 Å². The highest BCUT2D eigenvalue weighted by molar-refractivity contribution is 7.92. The van der Waals surface area contributed by atoms with Gasteiger partial charge in [-0.2, -0.15) is 0 Å². The first kappa shape index (κ1) is 17.5. The lowest BCUT2D eigenvalue weighted by Gasteiger charge is -2.20. The molecule has 2 aromatic carbocycles. The van der Waals surface area contributed by atoms with Gasteiger partial charge < -0.3 is 13.9 Å². The van der Waals surface area contributed by atoms with E-state index in [9.17, 15) is 13.2 Å². The van der Waals surface area contributed by atoms with Gasteiger partial charge in [0.1, 0.15) is 0 Å². The maximum atomic E-state index is 12.7. The van der Waals surface area contributed by atoms with E-state index in [0.29, 0.717) is 34.7 Å². The second kappa shape index (κ2) is 5.78. The van der Waals surface area contributed by atoms with Crippen molar-refractivity contribution in [3.63, 3.8) is 0 Å². The summed E-state index contributed by atoms with van der Waals surface area (Å²) < 4.78 is 45.8. The number of hydrogen-bond acceptors (Lipinski definition) is 6. The fraction of sp³-hybridized carbons (Fsp3) is 0.278. The minimum Gasteiger partial charge on any atom is -0.449 e. The number of sulfonamides is 1. The lowest BCUT2D eigenvalue weighted by atomic mass is 10.2. The number of aryl methyl sites for hydroxylation is 1. The van der Waals surface area contributed by atoms with Crippen molar-refractivity contribution in [1.29, 1.82) is 0 Å². The van der Waals surface area contributed by atoms with Crippen LogP contribution >= 0.6 is 0 Å². The van der Waals surface area contributed by atoms with Crippen molar-refractivity contribution in [2.45, 2.75) is 31.0 Å². The third kappa shape index (κ3) is 2.93. The zero-order valence-corrected chi connectivity index (χ0v) is 15.8. The van der Waals surface area contributed by atoms with E-state index in [0.717, 1.165) is 0 Å². The maximum Gasteiger partial charge on any atom is 0.419 e. The highest BCUT2D eigenvalue weighted by Crippen LogP contribution is 2.42. The van der Waals surface area contributed by atoms with Crippen molar-refractivity contribution in [1.82, 2.24) is 4.57 Å². The molecular formula is C18H18N2O6S. The summed E-state index contributed by atoms with van der Waals surface area (Å²) in [6, 6.07) is 9.08. The minimum atomic E-state index is -3.87. The SMILES string of the molecule is CC[C@@]1(C)Oc2ccc(NS(=O)(=O)c3ccc4oc(=O)n(C)c4c3)cc2O1. The second-order valence-electron chi connectivity index (χ2n) is 6.52. The first-order valence-corrected chi connectivity index (χ1v) is 9.83. The topological polar surface area (TPSA) is 99.8 Å². The number of rotatable bonds is 4. The molecule has 0 radical (unpaired) electrons. The number of fused-ring (bicyclic) bond motifs is 2. The van der Waals surface area contributed by atoms with Crippen molar-refractivity contribution in [3.05, 3.63) is 46.9 Å². The Hall–Kier alpha value is -2.94. The zero-order chi connectivity index (χ0) is 19.4. The van der Waals surface area contributed by atoms with Crippen molar-refractivity contribution >= 4 is 26.8 Å². The van der Waals surface area contributed by atoms with Gasteiger partial charge in [0.25, 0.3) is 10.0 Å². The molecule has 1 aromatic heterocycles. The van der Waals surface area contributed by atoms with Gasteiger partial charge in [-0.05, 0) is 30.3 Å². The summed E-state index contributed by atoms with van der Waals surface area (Å²) in [5, 5.41) is 0. The van der Waals surface area contributed by atoms with Crippen LogP contribution in [-0.2, 0) is 17.1 Å². The zero-order valence-electron chi connectivity index (χ0n) is 15.0. The molecule has 0 unspecified atom stereocenters. The van der Waals surface area contributed by atoms with Crippen molar-refractivity contribution in [2.24, 2.45) is 7.05 Å². The molecule has 0 spiro atoms. The third-order valence-corrected chi connectivity index (χ3v) is 5.94. The number of benzene rings is 2. The molecule has 9 heteroatoms. The maximum absolute atomic E-state index is 12.7. The Kier molecular flexibility index (Phi) is 3.74. The summed E-state index contributed by atoms with van der Waals surface area (Å²) >= 11 is 0. The molecule has 1 aliphatic rings. The van der Waals surface area contributed by atoms with Crippen LogP contribution in [0.3, 0.4) is 0 Å². The number of aromatic nitrogens is 1. The van der Waals surface area contributed by atoms with Crippen LogP contribution in [0.15, 0.2) is 50.5 Å². The van der Waals surface area contributed by atoms with Crippen LogP contribution in [-0.4, -0.2) is 18.8 Å². The average molecular weight is 390 g/mol. The number of hydrogen-bond donors (Lipinski definition) is 1. The fourth-order valence-electron chi connectivity index (χ4n) is 2.85. The lowest BCUT2D eigenvalue weighted by molar-refractivity contribution is -0.0640. The van der Waals surface area contributed by atoms with Crippen LogP contribution in [0.1, 0.15) is 20.3 Å². The van der Waals surface area contributed by atoms with Gasteiger partial charge >= 0.3 is 5.76 Å². The van der Waals surface area contributed by atoms with Gasteiger partial charge in [-0.15, -0.1) is 0 Å².